The first kappa shape index (κ1) is 17.5. The van der Waals surface area contributed by atoms with Crippen molar-refractivity contribution in [3.8, 4) is 0 Å². The van der Waals surface area contributed by atoms with E-state index in [-0.39, 0.29) is 0 Å². The molecule has 1 atom stereocenters. The van der Waals surface area contributed by atoms with Gasteiger partial charge in [0.1, 0.15) is 0 Å². The molecule has 20 heavy (non-hydrogen) atoms. The molecule has 0 radical (unpaired) electrons. The van der Waals surface area contributed by atoms with Crippen molar-refractivity contribution >= 4 is 5.91 Å². The van der Waals surface area contributed by atoms with Crippen LogP contribution in [0.3, 0.4) is 0 Å². The maximum atomic E-state index is 12.3. The third-order valence-electron chi connectivity index (χ3n) is 4.44. The Balaban J connectivity index is 2.13. The average Bonchev–Trinajstić information content (AvgIpc) is 2.47. The minimum Gasteiger partial charge on any atom is -0.340 e. The van der Waals surface area contributed by atoms with Crippen molar-refractivity contribution in [3.05, 3.63) is 0 Å². The molecule has 0 aliphatic carbocycles. The first-order valence-corrected chi connectivity index (χ1v) is 8.79. The monoisotopic (exact) mass is 282 g/mol. The van der Waals surface area contributed by atoms with Crippen LogP contribution in [0.4, 0.5) is 0 Å². The lowest BCUT2D eigenvalue weighted by Gasteiger charge is -2.35. The van der Waals surface area contributed by atoms with Gasteiger partial charge in [-0.15, -0.1) is 0 Å². The highest BCUT2D eigenvalue weighted by Crippen LogP contribution is 2.21. The Morgan fingerprint density at radius 1 is 1.10 bits per heavy atom. The smallest absolute Gasteiger partial charge is 0.222 e. The molecule has 0 aromatic heterocycles. The largest absolute Gasteiger partial charge is 0.340 e. The highest BCUT2D eigenvalue weighted by Gasteiger charge is 2.25. The third-order valence-corrected chi connectivity index (χ3v) is 4.44. The number of amides is 1. The average molecular weight is 282 g/mol. The van der Waals surface area contributed by atoms with Crippen molar-refractivity contribution in [1.29, 1.82) is 0 Å². The summed E-state index contributed by atoms with van der Waals surface area (Å²) in [7, 11) is 0. The number of piperidine rings is 1. The van der Waals surface area contributed by atoms with Gasteiger partial charge in [-0.1, -0.05) is 45.4 Å². The number of nitrogens with zero attached hydrogens (tertiary/aromatic N) is 1. The van der Waals surface area contributed by atoms with Gasteiger partial charge in [-0.3, -0.25) is 4.79 Å². The normalized spacial score (nSPS) is 19.3. The molecule has 1 aliphatic heterocycles. The molecule has 1 saturated heterocycles. The van der Waals surface area contributed by atoms with Gasteiger partial charge < -0.3 is 10.6 Å². The van der Waals surface area contributed by atoms with E-state index >= 15 is 0 Å². The van der Waals surface area contributed by atoms with Crippen LogP contribution in [0.5, 0.6) is 0 Å². The summed E-state index contributed by atoms with van der Waals surface area (Å²) in [4.78, 5) is 14.4. The summed E-state index contributed by atoms with van der Waals surface area (Å²) in [6, 6.07) is 0.422. The molecule has 1 fully saturated rings. The van der Waals surface area contributed by atoms with Gasteiger partial charge in [0.25, 0.3) is 0 Å². The van der Waals surface area contributed by atoms with Crippen LogP contribution in [0.1, 0.15) is 84.0 Å². The number of likely N-dealkylation sites (tertiary alicyclic amines) is 1. The molecule has 1 unspecified atom stereocenters. The first-order valence-electron chi connectivity index (χ1n) is 8.79. The van der Waals surface area contributed by atoms with Crippen LogP contribution in [0.2, 0.25) is 0 Å². The predicted octanol–water partition coefficient (Wildman–Crippen LogP) is 3.86. The number of carbonyl (C=O) groups excluding carboxylic acids is 1. The SMILES string of the molecule is CCCCCCCCCC(=O)N1CCCCC1CCN. The molecule has 2 N–H and O–H groups in total. The predicted molar refractivity (Wildman–Crippen MR) is 85.6 cm³/mol. The van der Waals surface area contributed by atoms with Gasteiger partial charge in [0.15, 0.2) is 0 Å². The number of hydrogen-bond acceptors (Lipinski definition) is 2. The molecule has 1 rings (SSSR count). The zero-order valence-corrected chi connectivity index (χ0v) is 13.4. The van der Waals surface area contributed by atoms with Crippen molar-refractivity contribution in [1.82, 2.24) is 4.90 Å². The molecule has 1 amide bonds. The minimum absolute atomic E-state index is 0.372. The Labute approximate surface area is 125 Å². The summed E-state index contributed by atoms with van der Waals surface area (Å²) in [5.74, 6) is 0.372. The Kier molecular flexibility index (Phi) is 9.73. The number of hydrogen-bond donors (Lipinski definition) is 1. The van der Waals surface area contributed by atoms with E-state index in [9.17, 15) is 4.79 Å². The van der Waals surface area contributed by atoms with E-state index in [2.05, 4.69) is 11.8 Å². The lowest BCUT2D eigenvalue weighted by Crippen LogP contribution is -2.44. The molecule has 3 nitrogen and oxygen atoms in total. The Bertz CT molecular complexity index is 253. The van der Waals surface area contributed by atoms with Crippen molar-refractivity contribution in [2.75, 3.05) is 13.1 Å². The Hall–Kier alpha value is -0.570. The maximum absolute atomic E-state index is 12.3. The third kappa shape index (κ3) is 6.74. The second kappa shape index (κ2) is 11.1. The van der Waals surface area contributed by atoms with Crippen LogP contribution in [-0.2, 0) is 4.79 Å². The summed E-state index contributed by atoms with van der Waals surface area (Å²) < 4.78 is 0. The van der Waals surface area contributed by atoms with Crippen molar-refractivity contribution in [2.45, 2.75) is 90.0 Å². The van der Waals surface area contributed by atoms with Crippen LogP contribution < -0.4 is 5.73 Å². The molecule has 0 aromatic carbocycles. The fourth-order valence-corrected chi connectivity index (χ4v) is 3.20. The van der Waals surface area contributed by atoms with Gasteiger partial charge in [0, 0.05) is 19.0 Å². The summed E-state index contributed by atoms with van der Waals surface area (Å²) in [5.41, 5.74) is 5.66. The summed E-state index contributed by atoms with van der Waals surface area (Å²) in [6.07, 6.45) is 14.2. The first-order chi connectivity index (χ1) is 9.79. The van der Waals surface area contributed by atoms with Crippen molar-refractivity contribution < 1.29 is 4.79 Å². The molecular weight excluding hydrogens is 248 g/mol. The summed E-state index contributed by atoms with van der Waals surface area (Å²) >= 11 is 0. The van der Waals surface area contributed by atoms with E-state index in [0.717, 1.165) is 32.2 Å². The van der Waals surface area contributed by atoms with Crippen molar-refractivity contribution in [3.63, 3.8) is 0 Å². The molecule has 118 valence electrons. The van der Waals surface area contributed by atoms with Crippen molar-refractivity contribution in [2.24, 2.45) is 5.73 Å². The molecule has 0 spiro atoms. The van der Waals surface area contributed by atoms with Gasteiger partial charge in [-0.25, -0.2) is 0 Å². The van der Waals surface area contributed by atoms with E-state index in [1.165, 1.54) is 51.4 Å². The lowest BCUT2D eigenvalue weighted by atomic mass is 9.98. The zero-order valence-electron chi connectivity index (χ0n) is 13.4. The standard InChI is InChI=1S/C17H34N2O/c1-2-3-4-5-6-7-8-12-17(20)19-15-10-9-11-16(19)13-14-18/h16H,2-15,18H2,1H3. The maximum Gasteiger partial charge on any atom is 0.222 e. The Morgan fingerprint density at radius 3 is 2.50 bits per heavy atom. The Morgan fingerprint density at radius 2 is 1.80 bits per heavy atom. The summed E-state index contributed by atoms with van der Waals surface area (Å²) in [5, 5.41) is 0. The number of nitrogens with two attached hydrogens (primary N) is 1. The molecule has 1 heterocycles. The van der Waals surface area contributed by atoms with E-state index in [0.29, 0.717) is 18.5 Å². The van der Waals surface area contributed by atoms with Gasteiger partial charge >= 0.3 is 0 Å². The number of rotatable bonds is 10. The van der Waals surface area contributed by atoms with Crippen LogP contribution in [0.15, 0.2) is 0 Å². The summed E-state index contributed by atoms with van der Waals surface area (Å²) in [6.45, 7) is 3.90. The second-order valence-corrected chi connectivity index (χ2v) is 6.19. The van der Waals surface area contributed by atoms with E-state index in [4.69, 9.17) is 5.73 Å². The number of carbonyl (C=O) groups is 1. The zero-order chi connectivity index (χ0) is 14.6. The van der Waals surface area contributed by atoms with Gasteiger partial charge in [-0.05, 0) is 38.6 Å². The van der Waals surface area contributed by atoms with E-state index in [1.807, 2.05) is 0 Å². The van der Waals surface area contributed by atoms with E-state index < -0.39 is 0 Å². The van der Waals surface area contributed by atoms with Crippen LogP contribution >= 0.6 is 0 Å². The van der Waals surface area contributed by atoms with Gasteiger partial charge in [0.05, 0.1) is 0 Å². The van der Waals surface area contributed by atoms with Gasteiger partial charge in [0.2, 0.25) is 5.91 Å². The molecule has 3 heteroatoms. The highest BCUT2D eigenvalue weighted by atomic mass is 16.2. The fraction of sp³-hybridized carbons (Fsp3) is 0.941. The fourth-order valence-electron chi connectivity index (χ4n) is 3.20. The lowest BCUT2D eigenvalue weighted by molar-refractivity contribution is -0.135. The molecular formula is C17H34N2O. The van der Waals surface area contributed by atoms with Crippen LogP contribution in [0, 0.1) is 0 Å². The quantitative estimate of drug-likeness (QED) is 0.618. The van der Waals surface area contributed by atoms with Crippen LogP contribution in [0.25, 0.3) is 0 Å². The molecule has 0 bridgehead atoms. The van der Waals surface area contributed by atoms with E-state index in [1.54, 1.807) is 0 Å². The molecule has 0 saturated carbocycles. The highest BCUT2D eigenvalue weighted by molar-refractivity contribution is 5.76. The molecule has 1 aliphatic rings. The van der Waals surface area contributed by atoms with Crippen LogP contribution in [-0.4, -0.2) is 29.9 Å². The van der Waals surface area contributed by atoms with Gasteiger partial charge in [-0.2, -0.15) is 0 Å². The second-order valence-electron chi connectivity index (χ2n) is 6.19. The molecule has 0 aromatic rings. The topological polar surface area (TPSA) is 46.3 Å². The minimum atomic E-state index is 0.372. The number of unbranched alkanes of at least 4 members (excludes halogenated alkanes) is 6.